The minimum atomic E-state index is -2.91. The van der Waals surface area contributed by atoms with Gasteiger partial charge < -0.3 is 18.9 Å². The Balaban J connectivity index is 6.80. The zero-order valence-electron chi connectivity index (χ0n) is 23.4. The highest BCUT2D eigenvalue weighted by Crippen LogP contribution is 2.24. The monoisotopic (exact) mass is 520 g/mol. The fourth-order valence-corrected chi connectivity index (χ4v) is 2.68. The molecule has 0 aromatic rings. The van der Waals surface area contributed by atoms with Crippen LogP contribution in [0, 0.1) is 5.92 Å². The van der Waals surface area contributed by atoms with Gasteiger partial charge in [-0.25, -0.2) is 28.5 Å². The largest absolute Gasteiger partial charge is 0.462 e. The number of esters is 1. The first-order chi connectivity index (χ1) is 16.0. The Labute approximate surface area is 212 Å². The Morgan fingerprint density at radius 3 is 1.31 bits per heavy atom. The first kappa shape index (κ1) is 33.1. The molecule has 0 aromatic carbocycles. The number of amides is 4. The third-order valence-electron chi connectivity index (χ3n) is 3.88. The number of carbonyl (C=O) groups excluding carboxylic acids is 5. The summed E-state index contributed by atoms with van der Waals surface area (Å²) in [6.45, 7) is 17.7. The summed E-state index contributed by atoms with van der Waals surface area (Å²) in [5.74, 6) is -3.81. The van der Waals surface area contributed by atoms with E-state index < -0.39 is 65.2 Å². The molecule has 0 aromatic heterocycles. The second kappa shape index (κ2) is 12.4. The molecule has 0 rings (SSSR count). The molecule has 0 heterocycles. The zero-order valence-corrected chi connectivity index (χ0v) is 23.4. The molecule has 0 saturated carbocycles. The van der Waals surface area contributed by atoms with Gasteiger partial charge in [-0.2, -0.15) is 4.90 Å². The van der Waals surface area contributed by atoms with E-state index in [4.69, 9.17) is 14.2 Å². The number of hydrogen-bond acceptors (Lipinski definition) is 9. The maximum absolute atomic E-state index is 15.2. The Hall–Kier alpha value is -2.92. The van der Waals surface area contributed by atoms with Gasteiger partial charge >= 0.3 is 24.2 Å². The lowest BCUT2D eigenvalue weighted by Gasteiger charge is -2.37. The van der Waals surface area contributed by atoms with Gasteiger partial charge in [0.2, 0.25) is 0 Å². The summed E-state index contributed by atoms with van der Waals surface area (Å²) in [5.41, 5.74) is -3.34. The number of imide groups is 2. The second-order valence-corrected chi connectivity index (χ2v) is 11.3. The van der Waals surface area contributed by atoms with Gasteiger partial charge in [0, 0.05) is 0 Å². The number of carbonyl (C=O) groups is 5. The van der Waals surface area contributed by atoms with E-state index in [1.807, 2.05) is 0 Å². The number of alkyl halides is 1. The van der Waals surface area contributed by atoms with Crippen molar-refractivity contribution in [2.24, 2.45) is 5.92 Å². The maximum atomic E-state index is 15.2. The molecule has 0 radical (unpaired) electrons. The Morgan fingerprint density at radius 2 is 1.03 bits per heavy atom. The second-order valence-electron chi connectivity index (χ2n) is 11.3. The summed E-state index contributed by atoms with van der Waals surface area (Å²) >= 11 is 0. The Kier molecular flexibility index (Phi) is 11.4. The van der Waals surface area contributed by atoms with Crippen LogP contribution in [0.2, 0.25) is 0 Å². The van der Waals surface area contributed by atoms with Crippen molar-refractivity contribution in [1.82, 2.24) is 9.80 Å². The van der Waals surface area contributed by atoms with Gasteiger partial charge in [0.05, 0.1) is 6.61 Å². The fraction of sp³-hybridized carbons (Fsp3) is 0.792. The lowest BCUT2D eigenvalue weighted by Crippen LogP contribution is -2.60. The van der Waals surface area contributed by atoms with E-state index in [9.17, 15) is 24.0 Å². The van der Waals surface area contributed by atoms with E-state index in [0.717, 1.165) is 0 Å². The van der Waals surface area contributed by atoms with E-state index in [0.29, 0.717) is 4.90 Å². The molecule has 0 aliphatic rings. The van der Waals surface area contributed by atoms with E-state index in [-0.39, 0.29) is 11.5 Å². The van der Waals surface area contributed by atoms with Crippen molar-refractivity contribution in [3.8, 4) is 0 Å². The molecule has 0 unspecified atom stereocenters. The Bertz CT molecular complexity index is 795. The van der Waals surface area contributed by atoms with E-state index in [1.54, 1.807) is 0 Å². The van der Waals surface area contributed by atoms with Crippen molar-refractivity contribution in [3.05, 3.63) is 0 Å². The van der Waals surface area contributed by atoms with Crippen molar-refractivity contribution in [3.63, 3.8) is 0 Å². The van der Waals surface area contributed by atoms with Gasteiger partial charge in [0.15, 0.2) is 0 Å². The minimum absolute atomic E-state index is 0.102. The molecule has 0 fully saturated rings. The molecule has 0 spiro atoms. The summed E-state index contributed by atoms with van der Waals surface area (Å²) in [6, 6.07) is -1.81. The highest BCUT2D eigenvalue weighted by Gasteiger charge is 2.48. The topological polar surface area (TPSA) is 129 Å². The highest BCUT2D eigenvalue weighted by atomic mass is 19.1. The standard InChI is InChI=1S/C24H41FN2O9/c1-13-33-18(29)16(25)27(21(32)36-24(10,11)12)17(28)15(14(2)3)26(19(30)34-22(4,5)6)20(31)35-23(7,8)9/h14-16H,13H2,1-12H3/t15-,16+/m0/s1. The van der Waals surface area contributed by atoms with Crippen LogP contribution in [-0.2, 0) is 28.5 Å². The van der Waals surface area contributed by atoms with E-state index in [2.05, 4.69) is 4.74 Å². The van der Waals surface area contributed by atoms with Crippen molar-refractivity contribution < 1.29 is 47.3 Å². The lowest BCUT2D eigenvalue weighted by atomic mass is 10.0. The molecule has 0 aliphatic heterocycles. The molecule has 4 amide bonds. The quantitative estimate of drug-likeness (QED) is 0.275. The highest BCUT2D eigenvalue weighted by molar-refractivity contribution is 6.02. The molecule has 0 N–H and O–H groups in total. The van der Waals surface area contributed by atoms with E-state index in [1.165, 1.54) is 83.1 Å². The molecular weight excluding hydrogens is 479 g/mol. The van der Waals surface area contributed by atoms with Crippen LogP contribution in [0.1, 0.15) is 83.1 Å². The minimum Gasteiger partial charge on any atom is -0.462 e. The summed E-state index contributed by atoms with van der Waals surface area (Å²) in [7, 11) is 0. The van der Waals surface area contributed by atoms with Crippen molar-refractivity contribution in [2.45, 2.75) is 112 Å². The first-order valence-corrected chi connectivity index (χ1v) is 11.6. The first-order valence-electron chi connectivity index (χ1n) is 11.6. The predicted molar refractivity (Wildman–Crippen MR) is 128 cm³/mol. The predicted octanol–water partition coefficient (Wildman–Crippen LogP) is 4.81. The van der Waals surface area contributed by atoms with Crippen LogP contribution < -0.4 is 0 Å². The van der Waals surface area contributed by atoms with E-state index >= 15 is 4.39 Å². The third kappa shape index (κ3) is 10.8. The van der Waals surface area contributed by atoms with Crippen LogP contribution in [0.3, 0.4) is 0 Å². The third-order valence-corrected chi connectivity index (χ3v) is 3.88. The summed E-state index contributed by atoms with van der Waals surface area (Å²) in [5, 5.41) is 0. The smallest absolute Gasteiger partial charge is 0.420 e. The SMILES string of the molecule is CCOC(=O)[C@H](F)N(C(=O)OC(C)(C)C)C(=O)[C@H](C(C)C)N(C(=O)OC(C)(C)C)C(=O)OC(C)(C)C. The molecule has 0 bridgehead atoms. The zero-order chi connectivity index (χ0) is 28.8. The van der Waals surface area contributed by atoms with Crippen LogP contribution in [0.5, 0.6) is 0 Å². The van der Waals surface area contributed by atoms with Gasteiger partial charge in [-0.3, -0.25) is 4.79 Å². The van der Waals surface area contributed by atoms with Gasteiger partial charge in [-0.05, 0) is 75.2 Å². The van der Waals surface area contributed by atoms with Gasteiger partial charge in [0.1, 0.15) is 22.8 Å². The van der Waals surface area contributed by atoms with Crippen LogP contribution in [0.25, 0.3) is 0 Å². The van der Waals surface area contributed by atoms with Gasteiger partial charge in [-0.1, -0.05) is 13.8 Å². The number of hydrogen-bond donors (Lipinski definition) is 0. The molecule has 208 valence electrons. The van der Waals surface area contributed by atoms with Crippen LogP contribution in [0.15, 0.2) is 0 Å². The summed E-state index contributed by atoms with van der Waals surface area (Å²) < 4.78 is 35.6. The number of rotatable bonds is 6. The van der Waals surface area contributed by atoms with Crippen LogP contribution in [-0.4, -0.2) is 75.7 Å². The Morgan fingerprint density at radius 1 is 0.694 bits per heavy atom. The van der Waals surface area contributed by atoms with Crippen LogP contribution >= 0.6 is 0 Å². The molecule has 11 nitrogen and oxygen atoms in total. The van der Waals surface area contributed by atoms with Crippen LogP contribution in [0.4, 0.5) is 18.8 Å². The van der Waals surface area contributed by atoms with Gasteiger partial charge in [-0.15, -0.1) is 0 Å². The maximum Gasteiger partial charge on any atom is 0.420 e. The molecule has 36 heavy (non-hydrogen) atoms. The van der Waals surface area contributed by atoms with Crippen molar-refractivity contribution in [1.29, 1.82) is 0 Å². The molecule has 0 saturated heterocycles. The molecule has 0 aliphatic carbocycles. The van der Waals surface area contributed by atoms with Crippen molar-refractivity contribution >= 4 is 30.2 Å². The fourth-order valence-electron chi connectivity index (χ4n) is 2.68. The summed E-state index contributed by atoms with van der Waals surface area (Å²) in [6.07, 6.45) is -6.95. The number of ether oxygens (including phenoxy) is 4. The average Bonchev–Trinajstić information content (AvgIpc) is 2.60. The lowest BCUT2D eigenvalue weighted by molar-refractivity contribution is -0.163. The number of halogens is 1. The normalized spacial score (nSPS) is 13.8. The average molecular weight is 521 g/mol. The summed E-state index contributed by atoms with van der Waals surface area (Å²) in [4.78, 5) is 65.2. The van der Waals surface area contributed by atoms with Crippen molar-refractivity contribution in [2.75, 3.05) is 6.61 Å². The molecular formula is C24H41FN2O9. The number of nitrogens with zero attached hydrogens (tertiary/aromatic N) is 2. The van der Waals surface area contributed by atoms with Gasteiger partial charge in [0.25, 0.3) is 12.2 Å². The molecule has 12 heteroatoms. The molecule has 2 atom stereocenters.